The van der Waals surface area contributed by atoms with Crippen molar-refractivity contribution in [2.45, 2.75) is 44.7 Å². The fourth-order valence-electron chi connectivity index (χ4n) is 5.68. The van der Waals surface area contributed by atoms with Crippen LogP contribution in [0.2, 0.25) is 0 Å². The van der Waals surface area contributed by atoms with Crippen molar-refractivity contribution < 1.29 is 4.79 Å². The van der Waals surface area contributed by atoms with Crippen molar-refractivity contribution in [1.29, 1.82) is 0 Å². The number of benzene rings is 4. The summed E-state index contributed by atoms with van der Waals surface area (Å²) in [6, 6.07) is 33.1. The van der Waals surface area contributed by atoms with E-state index in [0.29, 0.717) is 13.0 Å². The second-order valence-electron chi connectivity index (χ2n) is 11.5. The fraction of sp³-hybridized carbons (Fsp3) is 0.333. The Morgan fingerprint density at radius 2 is 1.47 bits per heavy atom. The minimum absolute atomic E-state index is 0. The number of carbonyl (C=O) groups excluding carboxylic acids is 1. The lowest BCUT2D eigenvalue weighted by Crippen LogP contribution is -2.47. The quantitative estimate of drug-likeness (QED) is 0.171. The molecule has 1 atom stereocenters. The highest BCUT2D eigenvalue weighted by molar-refractivity contribution is 6.02. The van der Waals surface area contributed by atoms with Gasteiger partial charge in [0, 0.05) is 31.4 Å². The summed E-state index contributed by atoms with van der Waals surface area (Å²) in [6.45, 7) is 2.54. The summed E-state index contributed by atoms with van der Waals surface area (Å²) in [5.41, 5.74) is 4.14. The molecule has 0 fully saturated rings. The van der Waals surface area contributed by atoms with Crippen LogP contribution in [0.25, 0.3) is 10.8 Å². The molecule has 1 heterocycles. The minimum atomic E-state index is -0.187. The first-order valence-electron chi connectivity index (χ1n) is 15.1. The highest BCUT2D eigenvalue weighted by Gasteiger charge is 2.34. The Bertz CT molecular complexity index is 1510. The number of hydrogen-bond acceptors (Lipinski definition) is 5. The van der Waals surface area contributed by atoms with Crippen LogP contribution in [0.3, 0.4) is 0 Å². The second kappa shape index (κ2) is 15.6. The van der Waals surface area contributed by atoms with Gasteiger partial charge in [-0.2, -0.15) is 0 Å². The number of amides is 1. The van der Waals surface area contributed by atoms with Crippen LogP contribution in [0, 0.1) is 0 Å². The van der Waals surface area contributed by atoms with E-state index in [0.717, 1.165) is 48.0 Å². The number of nitrogens with zero attached hydrogens (tertiary/aromatic N) is 4. The van der Waals surface area contributed by atoms with Gasteiger partial charge in [0.1, 0.15) is 0 Å². The molecule has 4 aromatic carbocycles. The van der Waals surface area contributed by atoms with Gasteiger partial charge in [-0.3, -0.25) is 4.79 Å². The van der Waals surface area contributed by atoms with E-state index in [1.165, 1.54) is 30.0 Å². The lowest BCUT2D eigenvalue weighted by molar-refractivity contribution is -0.121. The monoisotopic (exact) mass is 597 g/mol. The van der Waals surface area contributed by atoms with Gasteiger partial charge >= 0.3 is 0 Å². The molecule has 1 aliphatic heterocycles. The molecule has 43 heavy (non-hydrogen) atoms. The fourth-order valence-corrected chi connectivity index (χ4v) is 5.68. The van der Waals surface area contributed by atoms with Crippen LogP contribution >= 0.6 is 12.4 Å². The van der Waals surface area contributed by atoms with Crippen LogP contribution in [0.15, 0.2) is 102 Å². The largest absolute Gasteiger partial charge is 0.352 e. The summed E-state index contributed by atoms with van der Waals surface area (Å²) in [7, 11) is 6.40. The molecule has 226 valence electrons. The number of fused-ring (bicyclic) bond motifs is 2. The zero-order valence-corrected chi connectivity index (χ0v) is 26.4. The Morgan fingerprint density at radius 3 is 2.23 bits per heavy atom. The van der Waals surface area contributed by atoms with Crippen molar-refractivity contribution in [3.63, 3.8) is 0 Å². The molecule has 0 bridgehead atoms. The van der Waals surface area contributed by atoms with Gasteiger partial charge in [0.05, 0.1) is 18.2 Å². The maximum Gasteiger partial charge on any atom is 0.222 e. The minimum Gasteiger partial charge on any atom is -0.352 e. The van der Waals surface area contributed by atoms with E-state index in [2.05, 4.69) is 95.8 Å². The van der Waals surface area contributed by atoms with Crippen molar-refractivity contribution in [2.24, 2.45) is 4.99 Å². The number of unbranched alkanes of at least 4 members (excludes halogenated alkanes) is 3. The molecule has 7 heteroatoms. The SMILES string of the molecule is CN(C)CCCCCCN(C)C1=Nc2ccccc2C(CC(=O)NCc2ccccc2)N1c1ccc2ccccc2c1.Cl. The molecular formula is C36H44ClN5O. The smallest absolute Gasteiger partial charge is 0.222 e. The third-order valence-corrected chi connectivity index (χ3v) is 7.96. The van der Waals surface area contributed by atoms with Crippen molar-refractivity contribution in [3.8, 4) is 0 Å². The Labute approximate surface area is 262 Å². The molecule has 5 rings (SSSR count). The molecule has 0 spiro atoms. The molecule has 0 aliphatic carbocycles. The third kappa shape index (κ3) is 8.37. The van der Waals surface area contributed by atoms with E-state index >= 15 is 0 Å². The van der Waals surface area contributed by atoms with Gasteiger partial charge in [-0.15, -0.1) is 12.4 Å². The zero-order chi connectivity index (χ0) is 29.3. The van der Waals surface area contributed by atoms with Crippen molar-refractivity contribution in [1.82, 2.24) is 15.1 Å². The summed E-state index contributed by atoms with van der Waals surface area (Å²) in [4.78, 5) is 25.5. The van der Waals surface area contributed by atoms with Crippen LogP contribution in [0.1, 0.15) is 49.3 Å². The number of para-hydroxylation sites is 1. The van der Waals surface area contributed by atoms with Gasteiger partial charge in [-0.25, -0.2) is 4.99 Å². The van der Waals surface area contributed by atoms with Gasteiger partial charge in [-0.05, 0) is 68.0 Å². The number of aliphatic imine (C=N–C) groups is 1. The Balaban J connectivity index is 0.00000423. The van der Waals surface area contributed by atoms with Crippen LogP contribution < -0.4 is 10.2 Å². The summed E-state index contributed by atoms with van der Waals surface area (Å²) >= 11 is 0. The van der Waals surface area contributed by atoms with Gasteiger partial charge in [0.2, 0.25) is 11.9 Å². The Morgan fingerprint density at radius 1 is 0.791 bits per heavy atom. The van der Waals surface area contributed by atoms with E-state index in [1.54, 1.807) is 0 Å². The number of halogens is 1. The molecule has 1 unspecified atom stereocenters. The first kappa shape index (κ1) is 32.1. The van der Waals surface area contributed by atoms with Gasteiger partial charge in [-0.1, -0.05) is 91.7 Å². The molecule has 1 aliphatic rings. The topological polar surface area (TPSA) is 51.2 Å². The third-order valence-electron chi connectivity index (χ3n) is 7.96. The summed E-state index contributed by atoms with van der Waals surface area (Å²) in [5, 5.41) is 5.53. The zero-order valence-electron chi connectivity index (χ0n) is 25.6. The number of rotatable bonds is 12. The van der Waals surface area contributed by atoms with Gasteiger partial charge < -0.3 is 20.0 Å². The molecule has 1 N–H and O–H groups in total. The highest BCUT2D eigenvalue weighted by Crippen LogP contribution is 2.41. The van der Waals surface area contributed by atoms with Crippen LogP contribution in [0.5, 0.6) is 0 Å². The summed E-state index contributed by atoms with van der Waals surface area (Å²) < 4.78 is 0. The number of carbonyl (C=O) groups is 1. The van der Waals surface area contributed by atoms with Crippen molar-refractivity contribution in [2.75, 3.05) is 39.1 Å². The van der Waals surface area contributed by atoms with Gasteiger partial charge in [0.15, 0.2) is 0 Å². The van der Waals surface area contributed by atoms with Crippen molar-refractivity contribution in [3.05, 3.63) is 108 Å². The van der Waals surface area contributed by atoms with E-state index in [-0.39, 0.29) is 24.4 Å². The summed E-state index contributed by atoms with van der Waals surface area (Å²) in [5.74, 6) is 0.910. The number of anilines is 1. The lowest BCUT2D eigenvalue weighted by atomic mass is 9.96. The van der Waals surface area contributed by atoms with E-state index in [1.807, 2.05) is 42.5 Å². The summed E-state index contributed by atoms with van der Waals surface area (Å²) in [6.07, 6.45) is 5.05. The first-order valence-corrected chi connectivity index (χ1v) is 15.1. The number of guanidine groups is 1. The molecule has 0 aromatic heterocycles. The molecular weight excluding hydrogens is 554 g/mol. The van der Waals surface area contributed by atoms with E-state index < -0.39 is 0 Å². The van der Waals surface area contributed by atoms with Crippen LogP contribution in [0.4, 0.5) is 11.4 Å². The lowest BCUT2D eigenvalue weighted by Gasteiger charge is -2.41. The normalized spacial score (nSPS) is 14.2. The number of nitrogens with one attached hydrogen (secondary N) is 1. The predicted octanol–water partition coefficient (Wildman–Crippen LogP) is 7.57. The standard InChI is InChI=1S/C36H43N5O.ClH/c1-39(2)23-13-4-5-14-24-40(3)36-38-33-20-12-11-19-32(33)34(26-35(42)37-27-28-15-7-6-8-16-28)41(36)31-22-21-29-17-9-10-18-30(29)25-31;/h6-12,15-22,25,34H,4-5,13-14,23-24,26-27H2,1-3H3,(H,37,42);1H. The first-order chi connectivity index (χ1) is 20.5. The average molecular weight is 598 g/mol. The Hall–Kier alpha value is -3.87. The van der Waals surface area contributed by atoms with Crippen LogP contribution in [-0.4, -0.2) is 55.9 Å². The molecule has 0 saturated heterocycles. The molecule has 0 saturated carbocycles. The molecule has 0 radical (unpaired) electrons. The Kier molecular flexibility index (Phi) is 11.6. The van der Waals surface area contributed by atoms with Crippen molar-refractivity contribution >= 4 is 46.4 Å². The maximum atomic E-state index is 13.5. The average Bonchev–Trinajstić information content (AvgIpc) is 3.01. The second-order valence-corrected chi connectivity index (χ2v) is 11.5. The van der Waals surface area contributed by atoms with Gasteiger partial charge in [0.25, 0.3) is 0 Å². The molecule has 4 aromatic rings. The predicted molar refractivity (Wildman–Crippen MR) is 183 cm³/mol. The highest BCUT2D eigenvalue weighted by atomic mass is 35.5. The van der Waals surface area contributed by atoms with E-state index in [4.69, 9.17) is 4.99 Å². The van der Waals surface area contributed by atoms with E-state index in [9.17, 15) is 4.79 Å². The maximum absolute atomic E-state index is 13.5. The number of hydrogen-bond donors (Lipinski definition) is 1. The molecule has 6 nitrogen and oxygen atoms in total. The van der Waals surface area contributed by atoms with Crippen LogP contribution in [-0.2, 0) is 11.3 Å². The molecule has 1 amide bonds.